The lowest BCUT2D eigenvalue weighted by Crippen LogP contribution is -2.42. The monoisotopic (exact) mass is 279 g/mol. The molecule has 0 aliphatic carbocycles. The molecule has 7 heteroatoms. The van der Waals surface area contributed by atoms with Crippen molar-refractivity contribution in [3.8, 4) is 0 Å². The molecule has 0 saturated carbocycles. The summed E-state index contributed by atoms with van der Waals surface area (Å²) in [6, 6.07) is 5.26. The van der Waals surface area contributed by atoms with Gasteiger partial charge >= 0.3 is 6.03 Å². The zero-order valence-corrected chi connectivity index (χ0v) is 11.2. The highest BCUT2D eigenvalue weighted by atomic mass is 16.6. The molecule has 2 amide bonds. The third-order valence-corrected chi connectivity index (χ3v) is 3.22. The van der Waals surface area contributed by atoms with Crippen LogP contribution in [-0.4, -0.2) is 29.7 Å². The maximum atomic E-state index is 11.8. The Hall–Kier alpha value is -2.15. The summed E-state index contributed by atoms with van der Waals surface area (Å²) in [5.74, 6) is 0. The Morgan fingerprint density at radius 1 is 1.45 bits per heavy atom. The topological polar surface area (TPSA) is 93.5 Å². The Labute approximate surface area is 116 Å². The second kappa shape index (κ2) is 6.33. The van der Waals surface area contributed by atoms with E-state index in [1.807, 2.05) is 6.92 Å². The second-order valence-corrected chi connectivity index (χ2v) is 4.74. The van der Waals surface area contributed by atoms with Gasteiger partial charge in [0.25, 0.3) is 5.69 Å². The molecule has 2 N–H and O–H groups in total. The van der Waals surface area contributed by atoms with Gasteiger partial charge in [-0.1, -0.05) is 0 Å². The van der Waals surface area contributed by atoms with Crippen molar-refractivity contribution in [1.82, 2.24) is 5.32 Å². The van der Waals surface area contributed by atoms with Gasteiger partial charge in [-0.3, -0.25) is 10.1 Å². The molecule has 1 heterocycles. The van der Waals surface area contributed by atoms with Crippen molar-refractivity contribution in [2.24, 2.45) is 0 Å². The van der Waals surface area contributed by atoms with E-state index in [4.69, 9.17) is 4.74 Å². The van der Waals surface area contributed by atoms with Gasteiger partial charge in [-0.05, 0) is 31.9 Å². The minimum Gasteiger partial charge on any atom is -0.376 e. The van der Waals surface area contributed by atoms with Crippen molar-refractivity contribution in [2.45, 2.75) is 31.9 Å². The average Bonchev–Trinajstić information content (AvgIpc) is 2.93. The summed E-state index contributed by atoms with van der Waals surface area (Å²) in [4.78, 5) is 21.8. The van der Waals surface area contributed by atoms with E-state index in [0.717, 1.165) is 19.4 Å². The Morgan fingerprint density at radius 3 is 2.70 bits per heavy atom. The first-order valence-electron chi connectivity index (χ1n) is 6.50. The van der Waals surface area contributed by atoms with E-state index < -0.39 is 4.92 Å². The zero-order valence-electron chi connectivity index (χ0n) is 11.2. The van der Waals surface area contributed by atoms with Crippen LogP contribution in [0, 0.1) is 10.1 Å². The van der Waals surface area contributed by atoms with Crippen LogP contribution in [0.2, 0.25) is 0 Å². The van der Waals surface area contributed by atoms with Crippen LogP contribution in [0.25, 0.3) is 0 Å². The minimum absolute atomic E-state index is 0.0105. The summed E-state index contributed by atoms with van der Waals surface area (Å²) in [6.45, 7) is 2.63. The predicted octanol–water partition coefficient (Wildman–Crippen LogP) is 2.28. The fraction of sp³-hybridized carbons (Fsp3) is 0.462. The number of hydrogen-bond acceptors (Lipinski definition) is 4. The Bertz CT molecular complexity index is 483. The van der Waals surface area contributed by atoms with E-state index >= 15 is 0 Å². The average molecular weight is 279 g/mol. The first kappa shape index (κ1) is 14.3. The van der Waals surface area contributed by atoms with E-state index in [9.17, 15) is 14.9 Å². The molecule has 108 valence electrons. The maximum Gasteiger partial charge on any atom is 0.319 e. The lowest BCUT2D eigenvalue weighted by atomic mass is 10.1. The highest BCUT2D eigenvalue weighted by Crippen LogP contribution is 2.17. The number of anilines is 1. The van der Waals surface area contributed by atoms with Gasteiger partial charge < -0.3 is 15.4 Å². The van der Waals surface area contributed by atoms with Crippen LogP contribution in [0.5, 0.6) is 0 Å². The molecule has 1 aromatic carbocycles. The number of nitrogens with zero attached hydrogens (tertiary/aromatic N) is 1. The van der Waals surface area contributed by atoms with Gasteiger partial charge in [0.15, 0.2) is 0 Å². The van der Waals surface area contributed by atoms with Crippen LogP contribution in [0.4, 0.5) is 16.2 Å². The molecule has 20 heavy (non-hydrogen) atoms. The quantitative estimate of drug-likeness (QED) is 0.653. The normalized spacial score (nSPS) is 19.4. The molecular weight excluding hydrogens is 262 g/mol. The van der Waals surface area contributed by atoms with Crippen molar-refractivity contribution in [1.29, 1.82) is 0 Å². The summed E-state index contributed by atoms with van der Waals surface area (Å²) in [7, 11) is 0. The predicted molar refractivity (Wildman–Crippen MR) is 73.7 cm³/mol. The molecule has 1 fully saturated rings. The zero-order chi connectivity index (χ0) is 14.5. The third kappa shape index (κ3) is 3.67. The summed E-state index contributed by atoms with van der Waals surface area (Å²) in [5.41, 5.74) is 0.497. The molecule has 1 aliphatic heterocycles. The largest absolute Gasteiger partial charge is 0.376 e. The highest BCUT2D eigenvalue weighted by molar-refractivity contribution is 5.89. The number of ether oxygens (including phenoxy) is 1. The molecule has 0 radical (unpaired) electrons. The molecule has 1 saturated heterocycles. The number of nitro groups is 1. The molecule has 1 aliphatic rings. The van der Waals surface area contributed by atoms with E-state index in [0.29, 0.717) is 5.69 Å². The molecule has 0 unspecified atom stereocenters. The van der Waals surface area contributed by atoms with E-state index in [1.54, 1.807) is 0 Å². The van der Waals surface area contributed by atoms with Gasteiger partial charge in [0, 0.05) is 24.4 Å². The number of rotatable bonds is 4. The lowest BCUT2D eigenvalue weighted by molar-refractivity contribution is -0.384. The van der Waals surface area contributed by atoms with E-state index in [1.165, 1.54) is 24.3 Å². The number of carbonyl (C=O) groups excluding carboxylic acids is 1. The van der Waals surface area contributed by atoms with Gasteiger partial charge in [0.2, 0.25) is 0 Å². The summed E-state index contributed by atoms with van der Waals surface area (Å²) in [6.07, 6.45) is 2.01. The maximum absolute atomic E-state index is 11.8. The Balaban J connectivity index is 1.85. The smallest absolute Gasteiger partial charge is 0.319 e. The van der Waals surface area contributed by atoms with Gasteiger partial charge in [-0.15, -0.1) is 0 Å². The summed E-state index contributed by atoms with van der Waals surface area (Å²) < 4.78 is 5.49. The van der Waals surface area contributed by atoms with E-state index in [2.05, 4.69) is 10.6 Å². The number of carbonyl (C=O) groups is 1. The molecule has 0 aromatic heterocycles. The van der Waals surface area contributed by atoms with Crippen LogP contribution in [0.3, 0.4) is 0 Å². The van der Waals surface area contributed by atoms with Crippen molar-refractivity contribution in [3.05, 3.63) is 34.4 Å². The number of amides is 2. The molecule has 2 rings (SSSR count). The highest BCUT2D eigenvalue weighted by Gasteiger charge is 2.23. The molecule has 2 atom stereocenters. The Kier molecular flexibility index (Phi) is 4.52. The van der Waals surface area contributed by atoms with Crippen molar-refractivity contribution in [2.75, 3.05) is 11.9 Å². The fourth-order valence-electron chi connectivity index (χ4n) is 2.13. The van der Waals surface area contributed by atoms with Crippen molar-refractivity contribution < 1.29 is 14.5 Å². The number of benzene rings is 1. The second-order valence-electron chi connectivity index (χ2n) is 4.74. The number of nitro benzene ring substituents is 1. The molecule has 1 aromatic rings. The van der Waals surface area contributed by atoms with Crippen molar-refractivity contribution in [3.63, 3.8) is 0 Å². The fourth-order valence-corrected chi connectivity index (χ4v) is 2.13. The first-order valence-corrected chi connectivity index (χ1v) is 6.50. The molecule has 0 bridgehead atoms. The molecule has 0 spiro atoms. The van der Waals surface area contributed by atoms with Crippen LogP contribution in [-0.2, 0) is 4.74 Å². The van der Waals surface area contributed by atoms with Crippen LogP contribution in [0.15, 0.2) is 24.3 Å². The van der Waals surface area contributed by atoms with Crippen LogP contribution < -0.4 is 10.6 Å². The number of nitrogens with one attached hydrogen (secondary N) is 2. The number of hydrogen-bond donors (Lipinski definition) is 2. The van der Waals surface area contributed by atoms with Crippen molar-refractivity contribution >= 4 is 17.4 Å². The minimum atomic E-state index is -0.483. The Morgan fingerprint density at radius 2 is 2.15 bits per heavy atom. The molecular formula is C13H17N3O4. The van der Waals surface area contributed by atoms with Crippen LogP contribution >= 0.6 is 0 Å². The molecule has 7 nitrogen and oxygen atoms in total. The lowest BCUT2D eigenvalue weighted by Gasteiger charge is -2.20. The third-order valence-electron chi connectivity index (χ3n) is 3.22. The number of urea groups is 1. The summed E-state index contributed by atoms with van der Waals surface area (Å²) >= 11 is 0. The first-order chi connectivity index (χ1) is 9.56. The van der Waals surface area contributed by atoms with Crippen LogP contribution in [0.1, 0.15) is 19.8 Å². The van der Waals surface area contributed by atoms with Gasteiger partial charge in [-0.2, -0.15) is 0 Å². The standard InChI is InChI=1S/C13H17N3O4/c1-9(12-3-2-8-20-12)14-13(17)15-10-4-6-11(7-5-10)16(18)19/h4-7,9,12H,2-3,8H2,1H3,(H2,14,15,17)/t9-,12-/m1/s1. The summed E-state index contributed by atoms with van der Waals surface area (Å²) in [5, 5.41) is 16.0. The van der Waals surface area contributed by atoms with Gasteiger partial charge in [0.05, 0.1) is 17.1 Å². The van der Waals surface area contributed by atoms with E-state index in [-0.39, 0.29) is 23.9 Å². The van der Waals surface area contributed by atoms with Gasteiger partial charge in [0.1, 0.15) is 0 Å². The van der Waals surface area contributed by atoms with Gasteiger partial charge in [-0.25, -0.2) is 4.79 Å². The SMILES string of the molecule is C[C@@H](NC(=O)Nc1ccc([N+](=O)[O-])cc1)[C@H]1CCCO1. The number of non-ortho nitro benzene ring substituents is 1.